The predicted molar refractivity (Wildman–Crippen MR) is 98.2 cm³/mol. The van der Waals surface area contributed by atoms with Crippen molar-refractivity contribution >= 4 is 11.6 Å². The predicted octanol–water partition coefficient (Wildman–Crippen LogP) is 3.31. The number of benzene rings is 2. The van der Waals surface area contributed by atoms with Crippen molar-refractivity contribution in [3.8, 4) is 11.5 Å². The van der Waals surface area contributed by atoms with Crippen molar-refractivity contribution in [1.82, 2.24) is 4.90 Å². The van der Waals surface area contributed by atoms with Crippen LogP contribution in [0.3, 0.4) is 0 Å². The molecule has 0 aliphatic carbocycles. The minimum atomic E-state index is -0.128. The summed E-state index contributed by atoms with van der Waals surface area (Å²) in [7, 11) is 3.54. The Kier molecular flexibility index (Phi) is 5.56. The number of likely N-dealkylation sites (N-methyl/N-ethyl adjacent to an activating group) is 1. The quantitative estimate of drug-likeness (QED) is 0.840. The van der Waals surface area contributed by atoms with Gasteiger partial charge in [-0.1, -0.05) is 12.1 Å². The van der Waals surface area contributed by atoms with Gasteiger partial charge in [-0.25, -0.2) is 0 Å². The van der Waals surface area contributed by atoms with Crippen molar-refractivity contribution in [1.29, 1.82) is 0 Å². The van der Waals surface area contributed by atoms with Gasteiger partial charge in [-0.3, -0.25) is 4.79 Å². The maximum atomic E-state index is 11.9. The van der Waals surface area contributed by atoms with Gasteiger partial charge in [-0.15, -0.1) is 0 Å². The van der Waals surface area contributed by atoms with Crippen LogP contribution in [0.2, 0.25) is 0 Å². The fraction of sp³-hybridized carbons (Fsp3) is 0.350. The van der Waals surface area contributed by atoms with Crippen LogP contribution in [0.25, 0.3) is 0 Å². The van der Waals surface area contributed by atoms with Gasteiger partial charge in [0, 0.05) is 26.4 Å². The maximum absolute atomic E-state index is 11.9. The first kappa shape index (κ1) is 17.3. The molecule has 5 heteroatoms. The van der Waals surface area contributed by atoms with Gasteiger partial charge in [-0.2, -0.15) is 0 Å². The second-order valence-electron chi connectivity index (χ2n) is 6.26. The highest BCUT2D eigenvalue weighted by molar-refractivity contribution is 5.86. The zero-order chi connectivity index (χ0) is 17.6. The van der Waals surface area contributed by atoms with E-state index in [1.54, 1.807) is 12.0 Å². The van der Waals surface area contributed by atoms with Gasteiger partial charge >= 0.3 is 0 Å². The van der Waals surface area contributed by atoms with E-state index in [4.69, 9.17) is 9.47 Å². The summed E-state index contributed by atoms with van der Waals surface area (Å²) < 4.78 is 10.9. The Balaban J connectivity index is 1.56. The molecule has 0 saturated carbocycles. The van der Waals surface area contributed by atoms with Crippen LogP contribution in [-0.4, -0.2) is 44.2 Å². The van der Waals surface area contributed by atoms with E-state index >= 15 is 0 Å². The van der Waals surface area contributed by atoms with E-state index < -0.39 is 0 Å². The Labute approximate surface area is 148 Å². The summed E-state index contributed by atoms with van der Waals surface area (Å²) in [4.78, 5) is 13.7. The molecule has 25 heavy (non-hydrogen) atoms. The molecule has 1 aliphatic rings. The molecule has 2 aromatic carbocycles. The summed E-state index contributed by atoms with van der Waals surface area (Å²) in [6.45, 7) is 1.52. The fourth-order valence-corrected chi connectivity index (χ4v) is 2.86. The number of likely N-dealkylation sites (tertiary alicyclic amines) is 1. The number of methoxy groups -OCH3 is 1. The van der Waals surface area contributed by atoms with Gasteiger partial charge in [-0.05, 0) is 54.8 Å². The lowest BCUT2D eigenvalue weighted by Gasteiger charge is -2.14. The van der Waals surface area contributed by atoms with Crippen molar-refractivity contribution in [2.24, 2.45) is 0 Å². The molecule has 3 rings (SSSR count). The van der Waals surface area contributed by atoms with Gasteiger partial charge in [0.05, 0.1) is 6.61 Å². The summed E-state index contributed by atoms with van der Waals surface area (Å²) >= 11 is 0. The van der Waals surface area contributed by atoms with Crippen molar-refractivity contribution in [2.75, 3.05) is 32.6 Å². The summed E-state index contributed by atoms with van der Waals surface area (Å²) in [6.07, 6.45) is 1.73. The highest BCUT2D eigenvalue weighted by Gasteiger charge is 2.28. The van der Waals surface area contributed by atoms with E-state index in [1.807, 2.05) is 55.6 Å². The van der Waals surface area contributed by atoms with E-state index in [-0.39, 0.29) is 11.9 Å². The van der Waals surface area contributed by atoms with Crippen LogP contribution in [-0.2, 0) is 16.0 Å². The zero-order valence-corrected chi connectivity index (χ0v) is 14.7. The van der Waals surface area contributed by atoms with Crippen molar-refractivity contribution in [2.45, 2.75) is 18.9 Å². The molecule has 0 spiro atoms. The van der Waals surface area contributed by atoms with Crippen LogP contribution in [0.5, 0.6) is 11.5 Å². The third-order valence-corrected chi connectivity index (χ3v) is 4.38. The second kappa shape index (κ2) is 8.03. The van der Waals surface area contributed by atoms with E-state index in [2.05, 4.69) is 5.32 Å². The van der Waals surface area contributed by atoms with Crippen molar-refractivity contribution < 1.29 is 14.3 Å². The van der Waals surface area contributed by atoms with Crippen molar-refractivity contribution in [3.63, 3.8) is 0 Å². The Morgan fingerprint density at radius 3 is 2.28 bits per heavy atom. The average molecular weight is 340 g/mol. The molecule has 1 heterocycles. The van der Waals surface area contributed by atoms with E-state index in [0.717, 1.165) is 36.6 Å². The van der Waals surface area contributed by atoms with Crippen LogP contribution in [0.1, 0.15) is 12.0 Å². The summed E-state index contributed by atoms with van der Waals surface area (Å²) in [5.74, 6) is 1.72. The SMILES string of the molecule is COCCc1ccc(Oc2ccc(N[C@H]3CCN(C)C3=O)cc2)cc1. The Bertz CT molecular complexity index is 698. The molecule has 1 saturated heterocycles. The first-order valence-corrected chi connectivity index (χ1v) is 8.53. The number of carbonyl (C=O) groups is 1. The minimum Gasteiger partial charge on any atom is -0.457 e. The number of hydrogen-bond acceptors (Lipinski definition) is 4. The number of carbonyl (C=O) groups excluding carboxylic acids is 1. The topological polar surface area (TPSA) is 50.8 Å². The zero-order valence-electron chi connectivity index (χ0n) is 14.7. The minimum absolute atomic E-state index is 0.128. The molecule has 1 atom stereocenters. The molecule has 0 unspecified atom stereocenters. The molecular formula is C20H24N2O3. The number of rotatable bonds is 7. The number of nitrogens with one attached hydrogen (secondary N) is 1. The number of ether oxygens (including phenoxy) is 2. The van der Waals surface area contributed by atoms with Crippen molar-refractivity contribution in [3.05, 3.63) is 54.1 Å². The van der Waals surface area contributed by atoms with Gasteiger partial charge < -0.3 is 19.7 Å². The molecular weight excluding hydrogens is 316 g/mol. The molecule has 2 aromatic rings. The van der Waals surface area contributed by atoms with E-state index in [9.17, 15) is 4.79 Å². The highest BCUT2D eigenvalue weighted by atomic mass is 16.5. The van der Waals surface area contributed by atoms with Gasteiger partial charge in [0.25, 0.3) is 0 Å². The monoisotopic (exact) mass is 340 g/mol. The highest BCUT2D eigenvalue weighted by Crippen LogP contribution is 2.24. The van der Waals surface area contributed by atoms with Crippen LogP contribution >= 0.6 is 0 Å². The molecule has 1 aliphatic heterocycles. The normalized spacial score (nSPS) is 17.0. The van der Waals surface area contributed by atoms with Crippen LogP contribution in [0, 0.1) is 0 Å². The van der Waals surface area contributed by atoms with Gasteiger partial charge in [0.15, 0.2) is 0 Å². The lowest BCUT2D eigenvalue weighted by molar-refractivity contribution is -0.127. The van der Waals surface area contributed by atoms with Crippen LogP contribution in [0.4, 0.5) is 5.69 Å². The first-order valence-electron chi connectivity index (χ1n) is 8.53. The molecule has 1 amide bonds. The molecule has 132 valence electrons. The molecule has 1 N–H and O–H groups in total. The smallest absolute Gasteiger partial charge is 0.244 e. The van der Waals surface area contributed by atoms with E-state index in [1.165, 1.54) is 5.56 Å². The largest absolute Gasteiger partial charge is 0.457 e. The number of amides is 1. The summed E-state index contributed by atoms with van der Waals surface area (Å²) in [5, 5.41) is 3.28. The maximum Gasteiger partial charge on any atom is 0.244 e. The number of nitrogens with zero attached hydrogens (tertiary/aromatic N) is 1. The average Bonchev–Trinajstić information content (AvgIpc) is 2.95. The Hall–Kier alpha value is -2.53. The van der Waals surface area contributed by atoms with Crippen LogP contribution in [0.15, 0.2) is 48.5 Å². The first-order chi connectivity index (χ1) is 12.2. The van der Waals surface area contributed by atoms with Gasteiger partial charge in [0.1, 0.15) is 17.5 Å². The molecule has 0 aromatic heterocycles. The van der Waals surface area contributed by atoms with Crippen LogP contribution < -0.4 is 10.1 Å². The molecule has 0 bridgehead atoms. The molecule has 5 nitrogen and oxygen atoms in total. The summed E-state index contributed by atoms with van der Waals surface area (Å²) in [6, 6.07) is 15.6. The lowest BCUT2D eigenvalue weighted by atomic mass is 10.1. The fourth-order valence-electron chi connectivity index (χ4n) is 2.86. The second-order valence-corrected chi connectivity index (χ2v) is 6.26. The molecule has 1 fully saturated rings. The Morgan fingerprint density at radius 2 is 1.72 bits per heavy atom. The van der Waals surface area contributed by atoms with Gasteiger partial charge in [0.2, 0.25) is 5.91 Å². The standard InChI is InChI=1S/C20H24N2O3/c1-22-13-11-19(20(22)23)21-16-5-9-18(10-6-16)25-17-7-3-15(4-8-17)12-14-24-2/h3-10,19,21H,11-14H2,1-2H3/t19-/m0/s1. The third kappa shape index (κ3) is 4.51. The lowest BCUT2D eigenvalue weighted by Crippen LogP contribution is -2.30. The third-order valence-electron chi connectivity index (χ3n) is 4.38. The summed E-state index contributed by atoms with van der Waals surface area (Å²) in [5.41, 5.74) is 2.15. The Morgan fingerprint density at radius 1 is 1.08 bits per heavy atom. The number of anilines is 1. The number of hydrogen-bond donors (Lipinski definition) is 1. The molecule has 0 radical (unpaired) electrons. The van der Waals surface area contributed by atoms with E-state index in [0.29, 0.717) is 6.61 Å².